The van der Waals surface area contributed by atoms with Gasteiger partial charge in [0.15, 0.2) is 0 Å². The molecule has 1 aliphatic rings. The maximum atomic E-state index is 4.96. The number of allylic oxidation sites excluding steroid dienone is 4. The molecule has 0 amide bonds. The number of hydrogen-bond donors (Lipinski definition) is 0. The molecule has 6 rings (SSSR count). The molecule has 0 saturated carbocycles. The van der Waals surface area contributed by atoms with E-state index < -0.39 is 0 Å². The lowest BCUT2D eigenvalue weighted by Crippen LogP contribution is -1.99. The summed E-state index contributed by atoms with van der Waals surface area (Å²) >= 11 is 8.25. The molecule has 268 valence electrons. The normalized spacial score (nSPS) is 18.4. The van der Waals surface area contributed by atoms with Crippen molar-refractivity contribution in [2.75, 3.05) is 6.26 Å². The lowest BCUT2D eigenvalue weighted by atomic mass is 9.94. The van der Waals surface area contributed by atoms with Gasteiger partial charge in [-0.25, -0.2) is 0 Å². The molecule has 0 aliphatic carbocycles. The molecule has 0 spiro atoms. The smallest absolute Gasteiger partial charge is 0.114 e. The molecule has 4 heterocycles. The average molecular weight is 771 g/mol. The quantitative estimate of drug-likeness (QED) is 0.0828. The van der Waals surface area contributed by atoms with E-state index in [2.05, 4.69) is 110 Å². The molecular weight excluding hydrogens is 721 g/mol. The third-order valence-electron chi connectivity index (χ3n) is 10.0. The van der Waals surface area contributed by atoms with Gasteiger partial charge in [-0.3, -0.25) is 0 Å². The van der Waals surface area contributed by atoms with Crippen molar-refractivity contribution in [3.63, 3.8) is 0 Å². The second kappa shape index (κ2) is 17.1. The van der Waals surface area contributed by atoms with E-state index in [1.165, 1.54) is 60.6 Å². The van der Waals surface area contributed by atoms with E-state index in [4.69, 9.17) is 17.5 Å². The number of fused-ring (bicyclic) bond motifs is 5. The summed E-state index contributed by atoms with van der Waals surface area (Å²) in [5.41, 5.74) is 8.96. The summed E-state index contributed by atoms with van der Waals surface area (Å²) in [7, 11) is 0. The first-order chi connectivity index (χ1) is 24.7. The predicted molar refractivity (Wildman–Crippen MR) is 232 cm³/mol. The molecule has 3 aromatic heterocycles. The summed E-state index contributed by atoms with van der Waals surface area (Å²) in [4.78, 5) is 5.22. The molecule has 5 aromatic rings. The highest BCUT2D eigenvalue weighted by molar-refractivity contribution is 8.09. The number of hydrogen-bond acceptors (Lipinski definition) is 9. The number of nitrogens with zero attached hydrogens (tertiary/aromatic N) is 4. The van der Waals surface area contributed by atoms with Gasteiger partial charge in [0.05, 0.1) is 28.7 Å². The molecular formula is C42H50N4S5. The van der Waals surface area contributed by atoms with Crippen LogP contribution in [0.2, 0.25) is 0 Å². The van der Waals surface area contributed by atoms with E-state index in [9.17, 15) is 0 Å². The van der Waals surface area contributed by atoms with Crippen molar-refractivity contribution in [1.29, 1.82) is 0 Å². The van der Waals surface area contributed by atoms with E-state index in [1.807, 2.05) is 34.9 Å². The van der Waals surface area contributed by atoms with Crippen LogP contribution in [-0.2, 0) is 6.42 Å². The standard InChI is InChI=1S/C42H50N4S5/c1-10-25(7)17-27(12-3)19-37(47-9)42-29(18-26(8)11-2)21-36(49-42)34-23-32-31(39-41(34)46-51-44-39)22-33(40-38(32)43-50-45-40)35-20-28(16-24(5)6)14-15-30(13-4)48-35/h12,19-26,28,30H,10-11,13,16-18H2,1-9H3/b27-12+,37-19-. The second-order valence-electron chi connectivity index (χ2n) is 14.4. The Hall–Kier alpha value is -2.48. The van der Waals surface area contributed by atoms with Gasteiger partial charge in [-0.2, -0.15) is 17.5 Å². The lowest BCUT2D eigenvalue weighted by molar-refractivity contribution is 0.542. The van der Waals surface area contributed by atoms with E-state index in [0.29, 0.717) is 17.8 Å². The van der Waals surface area contributed by atoms with Crippen molar-refractivity contribution in [2.24, 2.45) is 23.7 Å². The van der Waals surface area contributed by atoms with Crippen LogP contribution in [0.15, 0.2) is 42.0 Å². The number of thiophene rings is 1. The van der Waals surface area contributed by atoms with E-state index in [1.54, 1.807) is 0 Å². The first-order valence-corrected chi connectivity index (χ1v) is 22.8. The fourth-order valence-corrected chi connectivity index (χ4v) is 11.0. The van der Waals surface area contributed by atoms with Gasteiger partial charge in [-0.05, 0) is 86.5 Å². The van der Waals surface area contributed by atoms with Gasteiger partial charge in [-0.15, -0.1) is 34.9 Å². The molecule has 4 nitrogen and oxygen atoms in total. The van der Waals surface area contributed by atoms with Crippen LogP contribution < -0.4 is 0 Å². The zero-order valence-corrected chi connectivity index (χ0v) is 35.5. The maximum Gasteiger partial charge on any atom is 0.114 e. The predicted octanol–water partition coefficient (Wildman–Crippen LogP) is 13.8. The minimum atomic E-state index is 0.224. The van der Waals surface area contributed by atoms with Crippen molar-refractivity contribution in [3.8, 4) is 22.3 Å². The number of thioether (sulfide) groups is 2. The van der Waals surface area contributed by atoms with Crippen molar-refractivity contribution in [3.05, 3.63) is 58.0 Å². The van der Waals surface area contributed by atoms with Crippen LogP contribution in [0.4, 0.5) is 0 Å². The van der Waals surface area contributed by atoms with Crippen LogP contribution in [0.25, 0.3) is 53.1 Å². The number of rotatable bonds is 14. The first-order valence-electron chi connectivity index (χ1n) is 18.5. The third kappa shape index (κ3) is 8.36. The summed E-state index contributed by atoms with van der Waals surface area (Å²) < 4.78 is 19.8. The Balaban J connectivity index is 1.53. The topological polar surface area (TPSA) is 51.6 Å². The van der Waals surface area contributed by atoms with E-state index in [-0.39, 0.29) is 11.2 Å². The lowest BCUT2D eigenvalue weighted by Gasteiger charge is -2.14. The second-order valence-corrected chi connectivity index (χ2v) is 18.6. The van der Waals surface area contributed by atoms with Crippen LogP contribution in [-0.4, -0.2) is 29.0 Å². The summed E-state index contributed by atoms with van der Waals surface area (Å²) in [5, 5.41) is 2.45. The van der Waals surface area contributed by atoms with Gasteiger partial charge in [0.1, 0.15) is 22.1 Å². The Kier molecular flexibility index (Phi) is 12.8. The summed E-state index contributed by atoms with van der Waals surface area (Å²) in [5.74, 6) is 9.22. The van der Waals surface area contributed by atoms with Gasteiger partial charge in [-0.1, -0.05) is 90.9 Å². The summed E-state index contributed by atoms with van der Waals surface area (Å²) in [6.07, 6.45) is 15.9. The van der Waals surface area contributed by atoms with Gasteiger partial charge < -0.3 is 0 Å². The molecule has 0 saturated heterocycles. The zero-order valence-electron chi connectivity index (χ0n) is 31.4. The van der Waals surface area contributed by atoms with Crippen molar-refractivity contribution >= 4 is 101 Å². The average Bonchev–Trinajstić information content (AvgIpc) is 3.88. The van der Waals surface area contributed by atoms with E-state index in [0.717, 1.165) is 76.1 Å². The van der Waals surface area contributed by atoms with Crippen LogP contribution >= 0.6 is 58.3 Å². The molecule has 0 bridgehead atoms. The maximum absolute atomic E-state index is 4.96. The Bertz CT molecular complexity index is 2170. The molecule has 51 heavy (non-hydrogen) atoms. The zero-order chi connectivity index (χ0) is 36.2. The highest BCUT2D eigenvalue weighted by Gasteiger charge is 2.25. The minimum absolute atomic E-state index is 0.224. The van der Waals surface area contributed by atoms with Crippen molar-refractivity contribution in [1.82, 2.24) is 17.5 Å². The molecule has 1 aliphatic heterocycles. The summed E-state index contributed by atoms with van der Waals surface area (Å²) in [6.45, 7) is 18.3. The molecule has 0 fully saturated rings. The largest absolute Gasteiger partial charge is 0.172 e. The van der Waals surface area contributed by atoms with Crippen LogP contribution in [0.3, 0.4) is 0 Å². The van der Waals surface area contributed by atoms with Gasteiger partial charge in [0.25, 0.3) is 0 Å². The number of benzene rings is 2. The fraction of sp³-hybridized carbons (Fsp3) is 0.476. The highest BCUT2D eigenvalue weighted by Crippen LogP contribution is 2.47. The fourth-order valence-electron chi connectivity index (χ4n) is 6.69. The highest BCUT2D eigenvalue weighted by atomic mass is 32.2. The Morgan fingerprint density at radius 2 is 1.51 bits per heavy atom. The minimum Gasteiger partial charge on any atom is -0.172 e. The Labute approximate surface area is 325 Å². The third-order valence-corrected chi connectivity index (χ3v) is 14.6. The number of aromatic nitrogens is 4. The van der Waals surface area contributed by atoms with Crippen LogP contribution in [0.5, 0.6) is 0 Å². The first kappa shape index (κ1) is 38.3. The molecule has 2 aromatic carbocycles. The van der Waals surface area contributed by atoms with Gasteiger partial charge in [0.2, 0.25) is 0 Å². The van der Waals surface area contributed by atoms with Crippen LogP contribution in [0, 0.1) is 35.5 Å². The van der Waals surface area contributed by atoms with E-state index >= 15 is 0 Å². The molecule has 0 N–H and O–H groups in total. The molecule has 4 atom stereocenters. The Morgan fingerprint density at radius 1 is 0.863 bits per heavy atom. The SMILES string of the molecule is C/C=C(/C=C(\SC)c1sc(-c2cc3c(cc(C4=CC(CC(C)C)C#CC(CC)S4)c4nsnc43)c3nsnc23)cc1CC(C)CC)CC(C)CC. The molecule has 0 radical (unpaired) electrons. The van der Waals surface area contributed by atoms with Gasteiger partial charge >= 0.3 is 0 Å². The van der Waals surface area contributed by atoms with Crippen molar-refractivity contribution in [2.45, 2.75) is 99.2 Å². The molecule has 4 unspecified atom stereocenters. The van der Waals surface area contributed by atoms with Crippen LogP contribution in [0.1, 0.15) is 103 Å². The monoisotopic (exact) mass is 770 g/mol. The van der Waals surface area contributed by atoms with Gasteiger partial charge in [0, 0.05) is 47.4 Å². The summed E-state index contributed by atoms with van der Waals surface area (Å²) in [6, 6.07) is 7.08. The molecule has 9 heteroatoms. The Morgan fingerprint density at radius 3 is 2.12 bits per heavy atom. The van der Waals surface area contributed by atoms with Crippen molar-refractivity contribution < 1.29 is 0 Å².